The number of hydrogen-bond donors (Lipinski definition) is 0. The molecule has 42 heavy (non-hydrogen) atoms. The number of allylic oxidation sites excluding steroid dienone is 1. The van der Waals surface area contributed by atoms with Crippen LogP contribution in [0.5, 0.6) is 17.2 Å². The molecule has 1 aliphatic heterocycles. The number of carbonyl (C=O) groups is 2. The van der Waals surface area contributed by atoms with Crippen molar-refractivity contribution in [1.29, 1.82) is 0 Å². The molecule has 2 aromatic heterocycles. The molecule has 11 heteroatoms. The molecule has 0 radical (unpaired) electrons. The van der Waals surface area contributed by atoms with Crippen molar-refractivity contribution in [3.05, 3.63) is 109 Å². The minimum absolute atomic E-state index is 0.0616. The molecule has 1 aliphatic rings. The Morgan fingerprint density at radius 2 is 1.83 bits per heavy atom. The highest BCUT2D eigenvalue weighted by Gasteiger charge is 2.33. The number of carbonyl (C=O) groups excluding carboxylic acids is 2. The van der Waals surface area contributed by atoms with E-state index in [1.54, 1.807) is 63.4 Å². The van der Waals surface area contributed by atoms with Crippen LogP contribution >= 0.6 is 11.3 Å². The van der Waals surface area contributed by atoms with E-state index < -0.39 is 18.0 Å². The topological polar surface area (TPSA) is 119 Å². The van der Waals surface area contributed by atoms with E-state index >= 15 is 0 Å². The highest BCUT2D eigenvalue weighted by Crippen LogP contribution is 2.32. The lowest BCUT2D eigenvalue weighted by atomic mass is 9.96. The second kappa shape index (κ2) is 12.3. The molecule has 5 rings (SSSR count). The van der Waals surface area contributed by atoms with Crippen molar-refractivity contribution in [3.8, 4) is 17.2 Å². The quantitative estimate of drug-likeness (QED) is 0.213. The third-order valence-corrected chi connectivity index (χ3v) is 7.42. The molecule has 3 heterocycles. The third kappa shape index (κ3) is 5.64. The Kier molecular flexibility index (Phi) is 8.39. The number of aromatic nitrogens is 1. The maximum Gasteiger partial charge on any atom is 0.379 e. The minimum Gasteiger partial charge on any atom is -0.497 e. The average Bonchev–Trinajstić information content (AvgIpc) is 3.63. The van der Waals surface area contributed by atoms with Gasteiger partial charge in [0.2, 0.25) is 5.76 Å². The van der Waals surface area contributed by atoms with E-state index in [2.05, 4.69) is 4.99 Å². The summed E-state index contributed by atoms with van der Waals surface area (Å²) < 4.78 is 28.9. The fourth-order valence-electron chi connectivity index (χ4n) is 4.56. The van der Waals surface area contributed by atoms with Crippen LogP contribution in [0.25, 0.3) is 6.08 Å². The number of esters is 2. The van der Waals surface area contributed by atoms with Crippen LogP contribution in [-0.4, -0.2) is 36.8 Å². The summed E-state index contributed by atoms with van der Waals surface area (Å²) in [5, 5.41) is 0. The van der Waals surface area contributed by atoms with Gasteiger partial charge in [-0.15, -0.1) is 0 Å². The molecule has 4 aromatic rings. The Balaban J connectivity index is 1.58. The minimum atomic E-state index is -0.740. The normalized spacial score (nSPS) is 14.7. The van der Waals surface area contributed by atoms with Gasteiger partial charge < -0.3 is 23.4 Å². The predicted octanol–water partition coefficient (Wildman–Crippen LogP) is 4.02. The number of hydrogen-bond acceptors (Lipinski definition) is 10. The van der Waals surface area contributed by atoms with Crippen molar-refractivity contribution in [2.24, 2.45) is 4.99 Å². The van der Waals surface area contributed by atoms with Crippen molar-refractivity contribution in [2.75, 3.05) is 20.3 Å². The summed E-state index contributed by atoms with van der Waals surface area (Å²) in [6.07, 6.45) is 3.09. The largest absolute Gasteiger partial charge is 0.497 e. The van der Waals surface area contributed by atoms with Crippen molar-refractivity contribution >= 4 is 29.4 Å². The molecule has 0 N–H and O–H groups in total. The summed E-state index contributed by atoms with van der Waals surface area (Å²) in [5.74, 6) is 0.0595. The summed E-state index contributed by atoms with van der Waals surface area (Å²) in [7, 11) is 1.57. The summed E-state index contributed by atoms with van der Waals surface area (Å²) in [6.45, 7) is 5.78. The number of thiazole rings is 1. The van der Waals surface area contributed by atoms with Gasteiger partial charge in [0.25, 0.3) is 5.56 Å². The van der Waals surface area contributed by atoms with Gasteiger partial charge in [-0.2, -0.15) is 0 Å². The van der Waals surface area contributed by atoms with Gasteiger partial charge in [0.1, 0.15) is 5.75 Å². The number of rotatable bonds is 9. The number of ether oxygens (including phenoxy) is 4. The lowest BCUT2D eigenvalue weighted by molar-refractivity contribution is -0.139. The number of methoxy groups -OCH3 is 1. The van der Waals surface area contributed by atoms with E-state index in [0.717, 1.165) is 0 Å². The lowest BCUT2D eigenvalue weighted by Gasteiger charge is -2.24. The van der Waals surface area contributed by atoms with E-state index in [1.165, 1.54) is 28.2 Å². The molecule has 0 bridgehead atoms. The maximum absolute atomic E-state index is 13.9. The molecule has 216 valence electrons. The zero-order valence-electron chi connectivity index (χ0n) is 23.4. The molecule has 0 saturated heterocycles. The Morgan fingerprint density at radius 3 is 2.50 bits per heavy atom. The van der Waals surface area contributed by atoms with Crippen LogP contribution in [0.3, 0.4) is 0 Å². The number of fused-ring (bicyclic) bond motifs is 1. The second-order valence-corrected chi connectivity index (χ2v) is 10.1. The van der Waals surface area contributed by atoms with Crippen LogP contribution in [0, 0.1) is 0 Å². The van der Waals surface area contributed by atoms with E-state index in [0.29, 0.717) is 49.8 Å². The maximum atomic E-state index is 13.9. The Bertz CT molecular complexity index is 1830. The number of furan rings is 1. The summed E-state index contributed by atoms with van der Waals surface area (Å²) >= 11 is 1.20. The molecule has 2 aromatic carbocycles. The molecule has 1 atom stereocenters. The number of benzene rings is 2. The number of nitrogens with zero attached hydrogens (tertiary/aromatic N) is 2. The first-order chi connectivity index (χ1) is 20.3. The molecular weight excluding hydrogens is 560 g/mol. The van der Waals surface area contributed by atoms with Crippen molar-refractivity contribution in [3.63, 3.8) is 0 Å². The zero-order chi connectivity index (χ0) is 29.8. The molecule has 0 amide bonds. The third-order valence-electron chi connectivity index (χ3n) is 6.44. The van der Waals surface area contributed by atoms with Gasteiger partial charge in [-0.25, -0.2) is 14.6 Å². The molecule has 0 unspecified atom stereocenters. The van der Waals surface area contributed by atoms with Crippen molar-refractivity contribution in [2.45, 2.75) is 26.8 Å². The summed E-state index contributed by atoms with van der Waals surface area (Å²) in [4.78, 5) is 44.4. The smallest absolute Gasteiger partial charge is 0.379 e. The van der Waals surface area contributed by atoms with Crippen LogP contribution in [0.15, 0.2) is 86.3 Å². The highest BCUT2D eigenvalue weighted by molar-refractivity contribution is 7.07. The van der Waals surface area contributed by atoms with E-state index in [9.17, 15) is 14.4 Å². The Hall–Kier alpha value is -4.90. The first-order valence-electron chi connectivity index (χ1n) is 13.2. The van der Waals surface area contributed by atoms with Gasteiger partial charge in [-0.1, -0.05) is 29.5 Å². The fraction of sp³-hybridized carbons (Fsp3) is 0.226. The molecule has 0 saturated carbocycles. The van der Waals surface area contributed by atoms with Crippen LogP contribution in [0.1, 0.15) is 48.5 Å². The van der Waals surface area contributed by atoms with Gasteiger partial charge in [0.05, 0.1) is 48.4 Å². The van der Waals surface area contributed by atoms with Crippen LogP contribution in [0.2, 0.25) is 0 Å². The van der Waals surface area contributed by atoms with Crippen molar-refractivity contribution in [1.82, 2.24) is 4.57 Å². The first kappa shape index (κ1) is 28.6. The highest BCUT2D eigenvalue weighted by atomic mass is 32.1. The van der Waals surface area contributed by atoms with Gasteiger partial charge in [-0.3, -0.25) is 9.36 Å². The standard InChI is InChI=1S/C31H28N2O8S/c1-5-38-24-16-19(9-14-22(24)41-29(35)23-8-7-15-40-23)17-25-28(34)33-27(20-10-12-21(37-4)13-11-20)26(30(36)39-6-2)18(3)32-31(33)42-25/h7-17,27H,5-6H2,1-4H3/b25-17+/t27-/m0/s1. The second-order valence-electron chi connectivity index (χ2n) is 9.08. The fourth-order valence-corrected chi connectivity index (χ4v) is 5.60. The van der Waals surface area contributed by atoms with Gasteiger partial charge in [0.15, 0.2) is 16.3 Å². The molecule has 0 spiro atoms. The Labute approximate surface area is 244 Å². The summed E-state index contributed by atoms with van der Waals surface area (Å²) in [5.41, 5.74) is 1.80. The first-order valence-corrected chi connectivity index (χ1v) is 14.0. The SMILES string of the molecule is CCOC(=O)C1=C(C)N=c2s/c(=C/c3ccc(OC(=O)c4ccco4)c(OCC)c3)c(=O)n2[C@H]1c1ccc(OC)cc1. The van der Waals surface area contributed by atoms with Crippen molar-refractivity contribution < 1.29 is 33.0 Å². The lowest BCUT2D eigenvalue weighted by Crippen LogP contribution is -2.39. The van der Waals surface area contributed by atoms with Crippen LogP contribution < -0.4 is 29.1 Å². The molecule has 0 fully saturated rings. The molecular formula is C31H28N2O8S. The average molecular weight is 589 g/mol. The molecule has 0 aliphatic carbocycles. The van der Waals surface area contributed by atoms with Gasteiger partial charge in [0, 0.05) is 0 Å². The zero-order valence-corrected chi connectivity index (χ0v) is 24.2. The molecule has 10 nitrogen and oxygen atoms in total. The van der Waals surface area contributed by atoms with E-state index in [-0.39, 0.29) is 23.7 Å². The van der Waals surface area contributed by atoms with Gasteiger partial charge >= 0.3 is 11.9 Å². The monoisotopic (exact) mass is 588 g/mol. The van der Waals surface area contributed by atoms with Crippen LogP contribution in [-0.2, 0) is 9.53 Å². The predicted molar refractivity (Wildman–Crippen MR) is 155 cm³/mol. The van der Waals surface area contributed by atoms with Gasteiger partial charge in [-0.05, 0) is 74.4 Å². The van der Waals surface area contributed by atoms with E-state index in [4.69, 9.17) is 23.4 Å². The Morgan fingerprint density at radius 1 is 1.05 bits per heavy atom. The summed E-state index contributed by atoms with van der Waals surface area (Å²) in [6, 6.07) is 14.5. The van der Waals surface area contributed by atoms with E-state index in [1.807, 2.05) is 19.1 Å². The van der Waals surface area contributed by atoms with Crippen LogP contribution in [0.4, 0.5) is 0 Å².